The number of halogens is 1. The summed E-state index contributed by atoms with van der Waals surface area (Å²) < 4.78 is 0. The summed E-state index contributed by atoms with van der Waals surface area (Å²) in [6.45, 7) is 8.96. The molecule has 0 amide bonds. The topological polar surface area (TPSA) is 12.0 Å². The van der Waals surface area contributed by atoms with Crippen LogP contribution >= 0.6 is 22.9 Å². The monoisotopic (exact) mass is 273 g/mol. The minimum atomic E-state index is 0.399. The van der Waals surface area contributed by atoms with E-state index in [2.05, 4.69) is 26.1 Å². The van der Waals surface area contributed by atoms with Gasteiger partial charge in [0.2, 0.25) is 0 Å². The van der Waals surface area contributed by atoms with Gasteiger partial charge < -0.3 is 5.32 Å². The zero-order chi connectivity index (χ0) is 12.7. The first-order valence-corrected chi connectivity index (χ1v) is 7.73. The number of rotatable bonds is 8. The highest BCUT2D eigenvalue weighted by molar-refractivity contribution is 7.10. The molecule has 1 nitrogen and oxygen atoms in total. The molecule has 0 bridgehead atoms. The number of unbranched alkanes of at least 4 members (excludes halogenated alkanes) is 2. The van der Waals surface area contributed by atoms with Crippen LogP contribution in [0.25, 0.3) is 0 Å². The third-order valence-electron chi connectivity index (χ3n) is 2.98. The largest absolute Gasteiger partial charge is 0.311 e. The minimum absolute atomic E-state index is 0.399. The van der Waals surface area contributed by atoms with Crippen LogP contribution in [0.4, 0.5) is 0 Å². The van der Waals surface area contributed by atoms with Gasteiger partial charge in [0, 0.05) is 23.3 Å². The van der Waals surface area contributed by atoms with Crippen molar-refractivity contribution in [3.63, 3.8) is 0 Å². The average molecular weight is 274 g/mol. The molecule has 0 saturated heterocycles. The highest BCUT2D eigenvalue weighted by atomic mass is 35.5. The molecule has 0 aliphatic heterocycles. The predicted octanol–water partition coefficient (Wildman–Crippen LogP) is 5.10. The molecule has 3 heteroatoms. The molecule has 17 heavy (non-hydrogen) atoms. The van der Waals surface area contributed by atoms with Crippen molar-refractivity contribution >= 4 is 22.9 Å². The van der Waals surface area contributed by atoms with Gasteiger partial charge in [0.1, 0.15) is 0 Å². The fraction of sp³-hybridized carbons (Fsp3) is 0.714. The summed E-state index contributed by atoms with van der Waals surface area (Å²) in [5.41, 5.74) is 0.399. The van der Waals surface area contributed by atoms with E-state index in [9.17, 15) is 0 Å². The van der Waals surface area contributed by atoms with Crippen molar-refractivity contribution in [1.82, 2.24) is 5.32 Å². The molecule has 0 aliphatic carbocycles. The molecule has 1 heterocycles. The van der Waals surface area contributed by atoms with Gasteiger partial charge in [0.25, 0.3) is 0 Å². The molecule has 0 spiro atoms. The van der Waals surface area contributed by atoms with Gasteiger partial charge in [-0.05, 0) is 17.9 Å². The Morgan fingerprint density at radius 3 is 2.71 bits per heavy atom. The van der Waals surface area contributed by atoms with Crippen LogP contribution in [0.3, 0.4) is 0 Å². The van der Waals surface area contributed by atoms with Gasteiger partial charge in [-0.15, -0.1) is 11.3 Å². The molecule has 0 fully saturated rings. The molecular formula is C14H24ClNS. The fourth-order valence-corrected chi connectivity index (χ4v) is 2.95. The number of nitrogens with one attached hydrogen (secondary N) is 1. The first-order valence-electron chi connectivity index (χ1n) is 6.47. The molecule has 98 valence electrons. The van der Waals surface area contributed by atoms with E-state index in [0.29, 0.717) is 5.41 Å². The van der Waals surface area contributed by atoms with E-state index in [4.69, 9.17) is 11.6 Å². The second-order valence-corrected chi connectivity index (χ2v) is 6.89. The van der Waals surface area contributed by atoms with E-state index in [1.54, 1.807) is 11.3 Å². The maximum absolute atomic E-state index is 5.90. The lowest BCUT2D eigenvalue weighted by molar-refractivity contribution is 0.302. The third kappa shape index (κ3) is 6.44. The molecule has 1 aromatic rings. The van der Waals surface area contributed by atoms with Gasteiger partial charge in [-0.25, -0.2) is 0 Å². The second-order valence-electron chi connectivity index (χ2n) is 5.46. The van der Waals surface area contributed by atoms with Crippen molar-refractivity contribution in [1.29, 1.82) is 0 Å². The van der Waals surface area contributed by atoms with Gasteiger partial charge in [-0.2, -0.15) is 0 Å². The molecule has 0 radical (unpaired) electrons. The van der Waals surface area contributed by atoms with Crippen LogP contribution in [0.1, 0.15) is 51.3 Å². The van der Waals surface area contributed by atoms with E-state index >= 15 is 0 Å². The Labute approximate surface area is 115 Å². The molecule has 0 aliphatic rings. The summed E-state index contributed by atoms with van der Waals surface area (Å²) >= 11 is 7.62. The summed E-state index contributed by atoms with van der Waals surface area (Å²) in [6, 6.07) is 2.04. The maximum Gasteiger partial charge on any atom is 0.0516 e. The Balaban J connectivity index is 2.20. The standard InChI is InChI=1S/C14H24ClNS/c1-4-5-6-7-14(2,3)11-16-9-13-8-12(15)10-17-13/h8,10,16H,4-7,9,11H2,1-3H3. The lowest BCUT2D eigenvalue weighted by atomic mass is 9.87. The van der Waals surface area contributed by atoms with Crippen LogP contribution in [0.2, 0.25) is 5.02 Å². The Morgan fingerprint density at radius 1 is 1.35 bits per heavy atom. The fourth-order valence-electron chi connectivity index (χ4n) is 1.91. The van der Waals surface area contributed by atoms with Crippen molar-refractivity contribution < 1.29 is 0 Å². The van der Waals surface area contributed by atoms with Gasteiger partial charge >= 0.3 is 0 Å². The highest BCUT2D eigenvalue weighted by Crippen LogP contribution is 2.23. The van der Waals surface area contributed by atoms with Crippen LogP contribution in [0.15, 0.2) is 11.4 Å². The van der Waals surface area contributed by atoms with E-state index in [-0.39, 0.29) is 0 Å². The molecule has 1 N–H and O–H groups in total. The van der Waals surface area contributed by atoms with Crippen molar-refractivity contribution in [2.75, 3.05) is 6.54 Å². The van der Waals surface area contributed by atoms with Gasteiger partial charge in [-0.3, -0.25) is 0 Å². The third-order valence-corrected chi connectivity index (χ3v) is 4.27. The summed E-state index contributed by atoms with van der Waals surface area (Å²) in [7, 11) is 0. The number of hydrogen-bond donors (Lipinski definition) is 1. The summed E-state index contributed by atoms with van der Waals surface area (Å²) in [4.78, 5) is 1.32. The molecule has 0 saturated carbocycles. The summed E-state index contributed by atoms with van der Waals surface area (Å²) in [5, 5.41) is 6.38. The number of thiophene rings is 1. The lowest BCUT2D eigenvalue weighted by Crippen LogP contribution is -2.28. The Kier molecular flexibility index (Phi) is 6.53. The van der Waals surface area contributed by atoms with Gasteiger partial charge in [-0.1, -0.05) is 51.6 Å². The molecular weight excluding hydrogens is 250 g/mol. The normalized spacial score (nSPS) is 12.0. The van der Waals surface area contributed by atoms with Crippen LogP contribution in [0, 0.1) is 5.41 Å². The molecule has 1 rings (SSSR count). The minimum Gasteiger partial charge on any atom is -0.311 e. The highest BCUT2D eigenvalue weighted by Gasteiger charge is 2.16. The Bertz CT molecular complexity index is 320. The van der Waals surface area contributed by atoms with E-state index in [0.717, 1.165) is 18.1 Å². The second kappa shape index (κ2) is 7.40. The quantitative estimate of drug-likeness (QED) is 0.650. The first kappa shape index (κ1) is 15.0. The van der Waals surface area contributed by atoms with Gasteiger partial charge in [0.05, 0.1) is 5.02 Å². The van der Waals surface area contributed by atoms with Crippen molar-refractivity contribution in [3.05, 3.63) is 21.3 Å². The SMILES string of the molecule is CCCCCC(C)(C)CNCc1cc(Cl)cs1. The molecule has 0 aromatic carbocycles. The van der Waals surface area contributed by atoms with Crippen LogP contribution < -0.4 is 5.32 Å². The Hall–Kier alpha value is -0.0500. The zero-order valence-electron chi connectivity index (χ0n) is 11.2. The average Bonchev–Trinajstić information content (AvgIpc) is 2.64. The lowest BCUT2D eigenvalue weighted by Gasteiger charge is -2.24. The van der Waals surface area contributed by atoms with Crippen LogP contribution in [0.5, 0.6) is 0 Å². The van der Waals surface area contributed by atoms with Gasteiger partial charge in [0.15, 0.2) is 0 Å². The van der Waals surface area contributed by atoms with Crippen molar-refractivity contribution in [2.45, 2.75) is 53.0 Å². The Morgan fingerprint density at radius 2 is 2.12 bits per heavy atom. The van der Waals surface area contributed by atoms with Crippen LogP contribution in [-0.2, 0) is 6.54 Å². The van der Waals surface area contributed by atoms with Crippen molar-refractivity contribution in [2.24, 2.45) is 5.41 Å². The maximum atomic E-state index is 5.90. The molecule has 0 unspecified atom stereocenters. The molecule has 1 aromatic heterocycles. The summed E-state index contributed by atoms with van der Waals surface area (Å²) in [5.74, 6) is 0. The van der Waals surface area contributed by atoms with E-state index in [1.807, 2.05) is 11.4 Å². The van der Waals surface area contributed by atoms with Crippen LogP contribution in [-0.4, -0.2) is 6.54 Å². The molecule has 0 atom stereocenters. The van der Waals surface area contributed by atoms with Crippen molar-refractivity contribution in [3.8, 4) is 0 Å². The zero-order valence-corrected chi connectivity index (χ0v) is 12.8. The smallest absolute Gasteiger partial charge is 0.0516 e. The first-order chi connectivity index (χ1) is 8.03. The predicted molar refractivity (Wildman–Crippen MR) is 79.0 cm³/mol. The van der Waals surface area contributed by atoms with E-state index < -0.39 is 0 Å². The van der Waals surface area contributed by atoms with E-state index in [1.165, 1.54) is 30.6 Å². The number of hydrogen-bond acceptors (Lipinski definition) is 2. The summed E-state index contributed by atoms with van der Waals surface area (Å²) in [6.07, 6.45) is 5.30.